The molecular weight excluding hydrogens is 299 g/mol. The van der Waals surface area contributed by atoms with Gasteiger partial charge in [0.15, 0.2) is 0 Å². The van der Waals surface area contributed by atoms with Crippen molar-refractivity contribution in [3.8, 4) is 0 Å². The van der Waals surface area contributed by atoms with Crippen molar-refractivity contribution >= 4 is 21.6 Å². The minimum absolute atomic E-state index is 0.0509. The van der Waals surface area contributed by atoms with E-state index in [0.29, 0.717) is 11.0 Å². The van der Waals surface area contributed by atoms with Gasteiger partial charge in [0, 0.05) is 25.9 Å². The number of aromatic nitrogens is 1. The van der Waals surface area contributed by atoms with Crippen LogP contribution in [0.1, 0.15) is 5.56 Å². The number of aryl methyl sites for hydroxylation is 1. The van der Waals surface area contributed by atoms with Crippen LogP contribution < -0.4 is 10.9 Å². The molecule has 2 rings (SSSR count). The van der Waals surface area contributed by atoms with Gasteiger partial charge < -0.3 is 9.88 Å². The average Bonchev–Trinajstić information content (AvgIpc) is 2.35. The molecule has 0 aliphatic rings. The fourth-order valence-electron chi connectivity index (χ4n) is 1.55. The Bertz CT molecular complexity index is 625. The molecule has 0 unspecified atom stereocenters. The molecule has 1 heterocycles. The molecule has 0 saturated carbocycles. The van der Waals surface area contributed by atoms with Crippen molar-refractivity contribution in [2.45, 2.75) is 6.54 Å². The normalized spacial score (nSPS) is 10.4. The van der Waals surface area contributed by atoms with Gasteiger partial charge in [0.25, 0.3) is 0 Å². The first-order valence-electron chi connectivity index (χ1n) is 5.41. The van der Waals surface area contributed by atoms with Crippen LogP contribution in [0, 0.1) is 5.82 Å². The Labute approximate surface area is 112 Å². The molecule has 0 fully saturated rings. The number of nitrogens with one attached hydrogen (secondary N) is 1. The van der Waals surface area contributed by atoms with Crippen LogP contribution in [0.25, 0.3) is 0 Å². The third-order valence-corrected chi connectivity index (χ3v) is 3.17. The fraction of sp³-hybridized carbons (Fsp3) is 0.154. The van der Waals surface area contributed by atoms with E-state index in [1.165, 1.54) is 16.7 Å². The molecule has 0 aliphatic heterocycles. The zero-order valence-corrected chi connectivity index (χ0v) is 11.4. The summed E-state index contributed by atoms with van der Waals surface area (Å²) in [6.07, 6.45) is 1.72. The summed E-state index contributed by atoms with van der Waals surface area (Å²) >= 11 is 3.15. The number of nitrogens with zero attached hydrogens (tertiary/aromatic N) is 1. The zero-order valence-electron chi connectivity index (χ0n) is 9.78. The molecule has 0 spiro atoms. The number of hydrogen-bond acceptors (Lipinski definition) is 2. The molecule has 0 radical (unpaired) electrons. The highest BCUT2D eigenvalue weighted by Gasteiger charge is 2.01. The smallest absolute Gasteiger partial charge is 0.250 e. The first kappa shape index (κ1) is 12.8. The number of pyridine rings is 1. The summed E-state index contributed by atoms with van der Waals surface area (Å²) in [5.41, 5.74) is 1.75. The van der Waals surface area contributed by atoms with E-state index in [4.69, 9.17) is 0 Å². The van der Waals surface area contributed by atoms with Crippen molar-refractivity contribution in [1.82, 2.24) is 4.57 Å². The number of anilines is 1. The first-order valence-corrected chi connectivity index (χ1v) is 6.20. The molecule has 0 saturated heterocycles. The third-order valence-electron chi connectivity index (χ3n) is 2.57. The second-order valence-electron chi connectivity index (χ2n) is 3.97. The molecule has 5 heteroatoms. The Hall–Kier alpha value is -1.62. The topological polar surface area (TPSA) is 34.0 Å². The van der Waals surface area contributed by atoms with Crippen LogP contribution in [-0.4, -0.2) is 4.57 Å². The number of rotatable bonds is 3. The maximum absolute atomic E-state index is 13.1. The van der Waals surface area contributed by atoms with Gasteiger partial charge >= 0.3 is 0 Å². The number of benzene rings is 1. The lowest BCUT2D eigenvalue weighted by Gasteiger charge is -2.08. The molecule has 18 heavy (non-hydrogen) atoms. The molecule has 94 valence electrons. The summed E-state index contributed by atoms with van der Waals surface area (Å²) in [5.74, 6) is -0.277. The molecule has 0 bridgehead atoms. The van der Waals surface area contributed by atoms with Crippen molar-refractivity contribution in [1.29, 1.82) is 0 Å². The van der Waals surface area contributed by atoms with Crippen LogP contribution >= 0.6 is 15.9 Å². The lowest BCUT2D eigenvalue weighted by Crippen LogP contribution is -2.15. The molecular formula is C13H12BrFN2O. The van der Waals surface area contributed by atoms with Crippen molar-refractivity contribution in [2.75, 3.05) is 5.32 Å². The zero-order chi connectivity index (χ0) is 13.1. The van der Waals surface area contributed by atoms with Gasteiger partial charge in [0.1, 0.15) is 5.82 Å². The number of halogens is 2. The summed E-state index contributed by atoms with van der Waals surface area (Å²) < 4.78 is 15.0. The third kappa shape index (κ3) is 2.98. The standard InChI is InChI=1S/C13H12BrFN2O/c1-17-8-10(3-5-13(17)18)16-7-9-2-4-12(15)11(14)6-9/h2-6,8,16H,7H2,1H3. The predicted molar refractivity (Wildman–Crippen MR) is 73.1 cm³/mol. The van der Waals surface area contributed by atoms with Crippen molar-refractivity contribution in [3.63, 3.8) is 0 Å². The minimum atomic E-state index is -0.277. The van der Waals surface area contributed by atoms with E-state index in [2.05, 4.69) is 21.2 Å². The van der Waals surface area contributed by atoms with Crippen molar-refractivity contribution in [2.24, 2.45) is 7.05 Å². The van der Waals surface area contributed by atoms with Crippen LogP contribution in [0.4, 0.5) is 10.1 Å². The maximum atomic E-state index is 13.1. The second kappa shape index (κ2) is 5.35. The lowest BCUT2D eigenvalue weighted by atomic mass is 10.2. The quantitative estimate of drug-likeness (QED) is 0.946. The first-order chi connectivity index (χ1) is 8.56. The van der Waals surface area contributed by atoms with Crippen LogP contribution in [0.15, 0.2) is 45.8 Å². The van der Waals surface area contributed by atoms with Gasteiger partial charge in [0.2, 0.25) is 5.56 Å². The van der Waals surface area contributed by atoms with Crippen LogP contribution in [0.5, 0.6) is 0 Å². The average molecular weight is 311 g/mol. The Morgan fingerprint density at radius 1 is 1.33 bits per heavy atom. The summed E-state index contributed by atoms with van der Waals surface area (Å²) in [6.45, 7) is 0.567. The number of hydrogen-bond donors (Lipinski definition) is 1. The summed E-state index contributed by atoms with van der Waals surface area (Å²) in [5, 5.41) is 3.17. The van der Waals surface area contributed by atoms with Gasteiger partial charge in [-0.1, -0.05) is 6.07 Å². The molecule has 1 N–H and O–H groups in total. The summed E-state index contributed by atoms with van der Waals surface area (Å²) in [4.78, 5) is 11.2. The minimum Gasteiger partial charge on any atom is -0.380 e. The van der Waals surface area contributed by atoms with E-state index in [1.807, 2.05) is 0 Å². The van der Waals surface area contributed by atoms with Crippen molar-refractivity contribution < 1.29 is 4.39 Å². The SMILES string of the molecule is Cn1cc(NCc2ccc(F)c(Br)c2)ccc1=O. The van der Waals surface area contributed by atoms with Gasteiger partial charge in [-0.15, -0.1) is 0 Å². The van der Waals surface area contributed by atoms with E-state index < -0.39 is 0 Å². The molecule has 1 aromatic heterocycles. The van der Waals surface area contributed by atoms with Gasteiger partial charge in [-0.25, -0.2) is 4.39 Å². The predicted octanol–water partition coefficient (Wildman–Crippen LogP) is 2.90. The Morgan fingerprint density at radius 2 is 2.11 bits per heavy atom. The summed E-state index contributed by atoms with van der Waals surface area (Å²) in [6, 6.07) is 8.09. The van der Waals surface area contributed by atoms with E-state index in [0.717, 1.165) is 11.3 Å². The Morgan fingerprint density at radius 3 is 2.78 bits per heavy atom. The molecule has 3 nitrogen and oxygen atoms in total. The molecule has 0 amide bonds. The van der Waals surface area contributed by atoms with Gasteiger partial charge in [-0.3, -0.25) is 4.79 Å². The van der Waals surface area contributed by atoms with Gasteiger partial charge in [-0.2, -0.15) is 0 Å². The van der Waals surface area contributed by atoms with E-state index in [-0.39, 0.29) is 11.4 Å². The Balaban J connectivity index is 2.09. The highest BCUT2D eigenvalue weighted by atomic mass is 79.9. The van der Waals surface area contributed by atoms with Crippen LogP contribution in [0.2, 0.25) is 0 Å². The molecule has 0 aliphatic carbocycles. The Kier molecular flexibility index (Phi) is 3.81. The van der Waals surface area contributed by atoms with E-state index >= 15 is 0 Å². The second-order valence-corrected chi connectivity index (χ2v) is 4.82. The van der Waals surface area contributed by atoms with Gasteiger partial charge in [-0.05, 0) is 39.7 Å². The fourth-order valence-corrected chi connectivity index (χ4v) is 1.98. The van der Waals surface area contributed by atoms with Crippen molar-refractivity contribution in [3.05, 3.63) is 62.7 Å². The monoisotopic (exact) mass is 310 g/mol. The van der Waals surface area contributed by atoms with E-state index in [9.17, 15) is 9.18 Å². The van der Waals surface area contributed by atoms with Crippen LogP contribution in [-0.2, 0) is 13.6 Å². The summed E-state index contributed by atoms with van der Waals surface area (Å²) in [7, 11) is 1.70. The lowest BCUT2D eigenvalue weighted by molar-refractivity contribution is 0.620. The van der Waals surface area contributed by atoms with Crippen LogP contribution in [0.3, 0.4) is 0 Å². The molecule has 2 aromatic rings. The highest BCUT2D eigenvalue weighted by Crippen LogP contribution is 2.17. The molecule has 1 aromatic carbocycles. The largest absolute Gasteiger partial charge is 0.380 e. The van der Waals surface area contributed by atoms with E-state index in [1.54, 1.807) is 31.4 Å². The highest BCUT2D eigenvalue weighted by molar-refractivity contribution is 9.10. The van der Waals surface area contributed by atoms with Gasteiger partial charge in [0.05, 0.1) is 10.2 Å². The molecule has 0 atom stereocenters. The maximum Gasteiger partial charge on any atom is 0.250 e.